The number of hydrogen-bond donors (Lipinski definition) is 1. The van der Waals surface area contributed by atoms with Gasteiger partial charge in [0.25, 0.3) is 0 Å². The van der Waals surface area contributed by atoms with Crippen LogP contribution in [-0.4, -0.2) is 4.98 Å². The van der Waals surface area contributed by atoms with E-state index in [1.807, 2.05) is 12.1 Å². The lowest BCUT2D eigenvalue weighted by Crippen LogP contribution is -1.85. The highest BCUT2D eigenvalue weighted by Crippen LogP contribution is 1.89. The van der Waals surface area contributed by atoms with Crippen LogP contribution < -0.4 is 5.73 Å². The fraction of sp³-hybridized carbons (Fsp3) is 0.375. The summed E-state index contributed by atoms with van der Waals surface area (Å²) in [5, 5.41) is 0. The van der Waals surface area contributed by atoms with E-state index in [4.69, 9.17) is 5.73 Å². The van der Waals surface area contributed by atoms with Gasteiger partial charge in [-0.3, -0.25) is 0 Å². The third-order valence-electron chi connectivity index (χ3n) is 0.688. The molecule has 1 heterocycles. The van der Waals surface area contributed by atoms with Gasteiger partial charge in [-0.15, -0.1) is 0 Å². The molecular formula is C8H16N2. The van der Waals surface area contributed by atoms with Gasteiger partial charge in [0.2, 0.25) is 0 Å². The lowest BCUT2D eigenvalue weighted by Gasteiger charge is -1.82. The van der Waals surface area contributed by atoms with Crippen molar-refractivity contribution in [1.82, 2.24) is 4.98 Å². The molecule has 10 heavy (non-hydrogen) atoms. The van der Waals surface area contributed by atoms with Crippen LogP contribution in [0.25, 0.3) is 0 Å². The maximum absolute atomic E-state index is 5.25. The van der Waals surface area contributed by atoms with Gasteiger partial charge in [0, 0.05) is 7.62 Å². The first-order valence-electron chi connectivity index (χ1n) is 3.47. The number of nitrogens with two attached hydrogens (primary N) is 1. The molecule has 0 aliphatic rings. The second-order valence-electron chi connectivity index (χ2n) is 1.96. The number of anilines is 1. The summed E-state index contributed by atoms with van der Waals surface area (Å²) >= 11 is 0. The van der Waals surface area contributed by atoms with Crippen molar-refractivity contribution in [3.63, 3.8) is 0 Å². The van der Waals surface area contributed by atoms with E-state index in [-0.39, 0.29) is 1.43 Å². The Bertz CT molecular complexity index is 153. The normalized spacial score (nSPS) is 7.80. The first kappa shape index (κ1) is 8.95. The van der Waals surface area contributed by atoms with Crippen molar-refractivity contribution in [2.45, 2.75) is 20.3 Å². The van der Waals surface area contributed by atoms with Gasteiger partial charge in [-0.05, 0) is 12.1 Å². The monoisotopic (exact) mass is 140 g/mol. The van der Waals surface area contributed by atoms with Gasteiger partial charge in [-0.2, -0.15) is 0 Å². The number of aromatic nitrogens is 1. The van der Waals surface area contributed by atoms with Crippen molar-refractivity contribution < 1.29 is 1.43 Å². The van der Waals surface area contributed by atoms with E-state index < -0.39 is 0 Å². The Hall–Kier alpha value is -1.05. The predicted octanol–water partition coefficient (Wildman–Crippen LogP) is 2.33. The summed E-state index contributed by atoms with van der Waals surface area (Å²) in [5.41, 5.74) is 5.25. The molecular weight excluding hydrogens is 124 g/mol. The van der Waals surface area contributed by atoms with Gasteiger partial charge in [0.15, 0.2) is 0 Å². The molecule has 0 fully saturated rings. The molecule has 0 bridgehead atoms. The third kappa shape index (κ3) is 5.09. The summed E-state index contributed by atoms with van der Waals surface area (Å²) in [7, 11) is 0. The lowest BCUT2D eigenvalue weighted by atomic mass is 10.5. The zero-order chi connectivity index (χ0) is 7.82. The minimum absolute atomic E-state index is 0. The average Bonchev–Trinajstić information content (AvgIpc) is 1.91. The summed E-state index contributed by atoms with van der Waals surface area (Å²) < 4.78 is 0. The molecule has 0 atom stereocenters. The van der Waals surface area contributed by atoms with Gasteiger partial charge < -0.3 is 5.73 Å². The van der Waals surface area contributed by atoms with Crippen molar-refractivity contribution in [3.05, 3.63) is 24.4 Å². The van der Waals surface area contributed by atoms with E-state index in [1.54, 1.807) is 12.3 Å². The summed E-state index contributed by atoms with van der Waals surface area (Å²) in [4.78, 5) is 3.76. The van der Waals surface area contributed by atoms with E-state index in [0.29, 0.717) is 5.82 Å². The van der Waals surface area contributed by atoms with Crippen LogP contribution in [0.4, 0.5) is 5.82 Å². The average molecular weight is 140 g/mol. The van der Waals surface area contributed by atoms with E-state index in [0.717, 1.165) is 0 Å². The van der Waals surface area contributed by atoms with Crippen LogP contribution >= 0.6 is 0 Å². The molecule has 0 aliphatic carbocycles. The number of nitrogens with zero attached hydrogens (tertiary/aromatic N) is 1. The van der Waals surface area contributed by atoms with E-state index in [9.17, 15) is 0 Å². The minimum atomic E-state index is 0. The molecule has 0 spiro atoms. The summed E-state index contributed by atoms with van der Waals surface area (Å²) in [6.07, 6.45) is 2.91. The highest BCUT2D eigenvalue weighted by molar-refractivity contribution is 5.25. The molecule has 0 amide bonds. The van der Waals surface area contributed by atoms with Gasteiger partial charge >= 0.3 is 0 Å². The summed E-state index contributed by atoms with van der Waals surface area (Å²) in [5.74, 6) is 0.572. The van der Waals surface area contributed by atoms with Crippen LogP contribution in [0.3, 0.4) is 0 Å². The topological polar surface area (TPSA) is 38.9 Å². The quantitative estimate of drug-likeness (QED) is 0.600. The van der Waals surface area contributed by atoms with Crippen molar-refractivity contribution in [3.8, 4) is 0 Å². The predicted molar refractivity (Wildman–Crippen MR) is 46.7 cm³/mol. The van der Waals surface area contributed by atoms with Crippen LogP contribution in [-0.2, 0) is 0 Å². The smallest absolute Gasteiger partial charge is 0.123 e. The molecule has 0 radical (unpaired) electrons. The molecule has 0 aromatic carbocycles. The number of nitrogen functional groups attached to an aromatic ring is 1. The fourth-order valence-electron chi connectivity index (χ4n) is 0.376. The second kappa shape index (κ2) is 6.08. The Morgan fingerprint density at radius 3 is 2.30 bits per heavy atom. The Kier molecular flexibility index (Phi) is 5.44. The number of rotatable bonds is 0. The Labute approximate surface area is 63.6 Å². The molecule has 0 aliphatic heterocycles. The van der Waals surface area contributed by atoms with Crippen molar-refractivity contribution in [1.29, 1.82) is 0 Å². The summed E-state index contributed by atoms with van der Waals surface area (Å²) in [6, 6.07) is 5.43. The largest absolute Gasteiger partial charge is 0.384 e. The standard InChI is InChI=1S/C5H6N2.C3H8.H2/c6-5-3-1-2-4-7-5;1-3-2;/h1-4H,(H2,6,7);3H2,1-2H3;1H. The highest BCUT2D eigenvalue weighted by Gasteiger charge is 1.73. The van der Waals surface area contributed by atoms with E-state index in [2.05, 4.69) is 18.8 Å². The van der Waals surface area contributed by atoms with Gasteiger partial charge in [-0.1, -0.05) is 26.3 Å². The number of pyridine rings is 1. The lowest BCUT2D eigenvalue weighted by molar-refractivity contribution is 1.09. The van der Waals surface area contributed by atoms with Crippen molar-refractivity contribution in [2.24, 2.45) is 0 Å². The van der Waals surface area contributed by atoms with Crippen LogP contribution in [0, 0.1) is 0 Å². The molecule has 1 aromatic rings. The van der Waals surface area contributed by atoms with Crippen LogP contribution in [0.2, 0.25) is 0 Å². The third-order valence-corrected chi connectivity index (χ3v) is 0.688. The Morgan fingerprint density at radius 2 is 2.10 bits per heavy atom. The first-order chi connectivity index (χ1) is 4.81. The molecule has 0 saturated carbocycles. The molecule has 2 nitrogen and oxygen atoms in total. The van der Waals surface area contributed by atoms with Crippen LogP contribution in [0.15, 0.2) is 24.4 Å². The molecule has 0 saturated heterocycles. The highest BCUT2D eigenvalue weighted by atomic mass is 14.8. The molecule has 1 aromatic heterocycles. The summed E-state index contributed by atoms with van der Waals surface area (Å²) in [6.45, 7) is 4.25. The van der Waals surface area contributed by atoms with Crippen LogP contribution in [0.1, 0.15) is 21.7 Å². The second-order valence-corrected chi connectivity index (χ2v) is 1.96. The number of hydrogen-bond acceptors (Lipinski definition) is 2. The fourth-order valence-corrected chi connectivity index (χ4v) is 0.376. The van der Waals surface area contributed by atoms with E-state index in [1.165, 1.54) is 6.42 Å². The Morgan fingerprint density at radius 1 is 1.50 bits per heavy atom. The van der Waals surface area contributed by atoms with Crippen molar-refractivity contribution in [2.75, 3.05) is 5.73 Å². The zero-order valence-electron chi connectivity index (χ0n) is 6.54. The van der Waals surface area contributed by atoms with Gasteiger partial charge in [-0.25, -0.2) is 4.98 Å². The maximum atomic E-state index is 5.25. The minimum Gasteiger partial charge on any atom is -0.384 e. The molecule has 2 heteroatoms. The molecule has 2 N–H and O–H groups in total. The van der Waals surface area contributed by atoms with Gasteiger partial charge in [0.05, 0.1) is 0 Å². The SMILES string of the molecule is CCC.Nc1ccccn1.[HH]. The molecule has 58 valence electrons. The Balaban J connectivity index is 0. The van der Waals surface area contributed by atoms with Gasteiger partial charge in [0.1, 0.15) is 5.82 Å². The maximum Gasteiger partial charge on any atom is 0.123 e. The van der Waals surface area contributed by atoms with E-state index >= 15 is 0 Å². The molecule has 1 rings (SSSR count). The molecule has 0 unspecified atom stereocenters. The van der Waals surface area contributed by atoms with Crippen LogP contribution in [0.5, 0.6) is 0 Å². The first-order valence-corrected chi connectivity index (χ1v) is 3.47. The zero-order valence-corrected chi connectivity index (χ0v) is 6.54. The van der Waals surface area contributed by atoms with Crippen molar-refractivity contribution >= 4 is 5.82 Å².